The summed E-state index contributed by atoms with van der Waals surface area (Å²) in [7, 11) is 0. The third-order valence-electron chi connectivity index (χ3n) is 2.16. The molecule has 0 aliphatic rings. The minimum absolute atomic E-state index is 0.225. The largest absolute Gasteiger partial charge is 0.296 e. The summed E-state index contributed by atoms with van der Waals surface area (Å²) in [6.45, 7) is 1.95. The van der Waals surface area contributed by atoms with E-state index in [4.69, 9.17) is 0 Å². The number of anilines is 1. The van der Waals surface area contributed by atoms with Crippen LogP contribution in [0.4, 0.5) is 9.52 Å². The number of aromatic nitrogens is 2. The number of rotatable bonds is 3. The second-order valence-electron chi connectivity index (χ2n) is 3.43. The number of carbonyl (C=O) groups excluding carboxylic acids is 1. The third-order valence-corrected chi connectivity index (χ3v) is 3.84. The van der Waals surface area contributed by atoms with Crippen molar-refractivity contribution in [1.82, 2.24) is 10.2 Å². The van der Waals surface area contributed by atoms with Crippen LogP contribution in [0.5, 0.6) is 0 Å². The first-order chi connectivity index (χ1) is 8.60. The van der Waals surface area contributed by atoms with Gasteiger partial charge < -0.3 is 0 Å². The van der Waals surface area contributed by atoms with E-state index in [9.17, 15) is 9.18 Å². The highest BCUT2D eigenvalue weighted by Gasteiger charge is 2.13. The van der Waals surface area contributed by atoms with Crippen molar-refractivity contribution in [3.8, 4) is 0 Å². The molecule has 94 valence electrons. The van der Waals surface area contributed by atoms with E-state index in [2.05, 4.69) is 31.4 Å². The van der Waals surface area contributed by atoms with Crippen LogP contribution in [0.15, 0.2) is 22.7 Å². The van der Waals surface area contributed by atoms with Crippen molar-refractivity contribution in [1.29, 1.82) is 0 Å². The maximum atomic E-state index is 13.1. The monoisotopic (exact) mass is 329 g/mol. The fourth-order valence-electron chi connectivity index (χ4n) is 1.28. The van der Waals surface area contributed by atoms with Gasteiger partial charge in [-0.15, -0.1) is 10.2 Å². The molecule has 0 unspecified atom stereocenters. The molecule has 4 nitrogen and oxygen atoms in total. The van der Waals surface area contributed by atoms with Gasteiger partial charge in [0.05, 0.1) is 5.56 Å². The van der Waals surface area contributed by atoms with E-state index in [1.165, 1.54) is 29.5 Å². The Morgan fingerprint density at radius 1 is 1.50 bits per heavy atom. The standard InChI is InChI=1S/C11H9BrFN3OS/c1-2-9-15-16-11(18-9)14-10(17)7-5-6(13)3-4-8(7)12/h3-5H,2H2,1H3,(H,14,16,17). The molecule has 0 aliphatic heterocycles. The molecule has 0 bridgehead atoms. The SMILES string of the molecule is CCc1nnc(NC(=O)c2cc(F)ccc2Br)s1. The average Bonchev–Trinajstić information content (AvgIpc) is 2.80. The zero-order valence-corrected chi connectivity index (χ0v) is 11.8. The van der Waals surface area contributed by atoms with Gasteiger partial charge in [0.25, 0.3) is 5.91 Å². The molecule has 1 amide bonds. The number of aryl methyl sites for hydroxylation is 1. The first-order valence-electron chi connectivity index (χ1n) is 5.19. The van der Waals surface area contributed by atoms with Gasteiger partial charge >= 0.3 is 0 Å². The fourth-order valence-corrected chi connectivity index (χ4v) is 2.38. The Balaban J connectivity index is 2.19. The van der Waals surface area contributed by atoms with Crippen LogP contribution in [0.25, 0.3) is 0 Å². The van der Waals surface area contributed by atoms with Gasteiger partial charge in [0, 0.05) is 4.47 Å². The smallest absolute Gasteiger partial charge is 0.258 e. The van der Waals surface area contributed by atoms with Crippen LogP contribution in [-0.2, 0) is 6.42 Å². The molecule has 2 aromatic rings. The molecule has 0 spiro atoms. The Hall–Kier alpha value is -1.34. The van der Waals surface area contributed by atoms with Crippen molar-refractivity contribution in [2.75, 3.05) is 5.32 Å². The van der Waals surface area contributed by atoms with E-state index in [1.807, 2.05) is 6.92 Å². The van der Waals surface area contributed by atoms with Crippen LogP contribution < -0.4 is 5.32 Å². The summed E-state index contributed by atoms with van der Waals surface area (Å²) in [5.41, 5.74) is 0.225. The lowest BCUT2D eigenvalue weighted by Crippen LogP contribution is -2.12. The number of nitrogens with zero attached hydrogens (tertiary/aromatic N) is 2. The van der Waals surface area contributed by atoms with Gasteiger partial charge in [-0.3, -0.25) is 10.1 Å². The van der Waals surface area contributed by atoms with Crippen LogP contribution in [0.2, 0.25) is 0 Å². The Labute approximate surface area is 115 Å². The van der Waals surface area contributed by atoms with Crippen LogP contribution >= 0.6 is 27.3 Å². The Kier molecular flexibility index (Phi) is 4.03. The van der Waals surface area contributed by atoms with Crippen molar-refractivity contribution < 1.29 is 9.18 Å². The van der Waals surface area contributed by atoms with E-state index in [0.29, 0.717) is 9.60 Å². The third kappa shape index (κ3) is 2.91. The van der Waals surface area contributed by atoms with Gasteiger partial charge in [-0.05, 0) is 40.5 Å². The van der Waals surface area contributed by atoms with Gasteiger partial charge in [0.15, 0.2) is 0 Å². The maximum absolute atomic E-state index is 13.1. The molecule has 0 atom stereocenters. The molecular weight excluding hydrogens is 321 g/mol. The Bertz CT molecular complexity index is 587. The zero-order chi connectivity index (χ0) is 13.1. The number of hydrogen-bond acceptors (Lipinski definition) is 4. The molecule has 0 radical (unpaired) electrons. The summed E-state index contributed by atoms with van der Waals surface area (Å²) < 4.78 is 13.6. The van der Waals surface area contributed by atoms with Crippen LogP contribution in [0, 0.1) is 5.82 Å². The Morgan fingerprint density at radius 3 is 2.94 bits per heavy atom. The molecule has 1 N–H and O–H groups in total. The molecule has 0 aliphatic carbocycles. The van der Waals surface area contributed by atoms with Gasteiger partial charge in [0.2, 0.25) is 5.13 Å². The van der Waals surface area contributed by atoms with Crippen molar-refractivity contribution in [3.63, 3.8) is 0 Å². The molecule has 0 fully saturated rings. The molecule has 1 heterocycles. The number of hydrogen-bond donors (Lipinski definition) is 1. The van der Waals surface area contributed by atoms with Gasteiger partial charge in [-0.2, -0.15) is 0 Å². The first kappa shape index (κ1) is 13.1. The molecule has 7 heteroatoms. The normalized spacial score (nSPS) is 10.4. The molecule has 0 saturated heterocycles. The van der Waals surface area contributed by atoms with E-state index in [-0.39, 0.29) is 5.56 Å². The second kappa shape index (κ2) is 5.53. The summed E-state index contributed by atoms with van der Waals surface area (Å²) in [6.07, 6.45) is 0.761. The lowest BCUT2D eigenvalue weighted by atomic mass is 10.2. The molecule has 1 aromatic heterocycles. The first-order valence-corrected chi connectivity index (χ1v) is 6.80. The quantitative estimate of drug-likeness (QED) is 0.940. The van der Waals surface area contributed by atoms with Crippen molar-refractivity contribution in [3.05, 3.63) is 39.1 Å². The highest BCUT2D eigenvalue weighted by molar-refractivity contribution is 9.10. The van der Waals surface area contributed by atoms with Crippen molar-refractivity contribution >= 4 is 38.3 Å². The van der Waals surface area contributed by atoms with E-state index in [0.717, 1.165) is 11.4 Å². The predicted molar refractivity (Wildman–Crippen MR) is 71.3 cm³/mol. The molecule has 2 rings (SSSR count). The fraction of sp³-hybridized carbons (Fsp3) is 0.182. The second-order valence-corrected chi connectivity index (χ2v) is 5.35. The van der Waals surface area contributed by atoms with E-state index in [1.54, 1.807) is 0 Å². The van der Waals surface area contributed by atoms with Crippen LogP contribution in [0.3, 0.4) is 0 Å². The number of nitrogens with one attached hydrogen (secondary N) is 1. The summed E-state index contributed by atoms with van der Waals surface area (Å²) in [5, 5.41) is 11.6. The predicted octanol–water partition coefficient (Wildman–Crippen LogP) is 3.25. The highest BCUT2D eigenvalue weighted by Crippen LogP contribution is 2.21. The summed E-state index contributed by atoms with van der Waals surface area (Å²) in [5.74, 6) is -0.880. The van der Waals surface area contributed by atoms with Crippen LogP contribution in [-0.4, -0.2) is 16.1 Å². The van der Waals surface area contributed by atoms with E-state index >= 15 is 0 Å². The summed E-state index contributed by atoms with van der Waals surface area (Å²) in [4.78, 5) is 11.9. The molecule has 18 heavy (non-hydrogen) atoms. The van der Waals surface area contributed by atoms with Crippen molar-refractivity contribution in [2.24, 2.45) is 0 Å². The number of halogens is 2. The minimum Gasteiger partial charge on any atom is -0.296 e. The lowest BCUT2D eigenvalue weighted by molar-refractivity contribution is 0.102. The van der Waals surface area contributed by atoms with Gasteiger partial charge in [0.1, 0.15) is 10.8 Å². The average molecular weight is 330 g/mol. The maximum Gasteiger partial charge on any atom is 0.258 e. The molecular formula is C11H9BrFN3OS. The summed E-state index contributed by atoms with van der Waals surface area (Å²) in [6, 6.07) is 3.93. The van der Waals surface area contributed by atoms with E-state index < -0.39 is 11.7 Å². The topological polar surface area (TPSA) is 54.9 Å². The highest BCUT2D eigenvalue weighted by atomic mass is 79.9. The molecule has 0 saturated carbocycles. The van der Waals surface area contributed by atoms with Gasteiger partial charge in [-0.1, -0.05) is 18.3 Å². The lowest BCUT2D eigenvalue weighted by Gasteiger charge is -2.03. The van der Waals surface area contributed by atoms with Crippen LogP contribution in [0.1, 0.15) is 22.3 Å². The summed E-state index contributed by atoms with van der Waals surface area (Å²) >= 11 is 4.51. The Morgan fingerprint density at radius 2 is 2.28 bits per heavy atom. The number of amides is 1. The minimum atomic E-state index is -0.463. The van der Waals surface area contributed by atoms with Crippen molar-refractivity contribution in [2.45, 2.75) is 13.3 Å². The number of carbonyl (C=O) groups is 1. The molecule has 1 aromatic carbocycles. The van der Waals surface area contributed by atoms with Gasteiger partial charge in [-0.25, -0.2) is 4.39 Å². The zero-order valence-electron chi connectivity index (χ0n) is 9.41. The number of benzene rings is 1.